The molecule has 108 valence electrons. The number of carboxylic acids is 1. The van der Waals surface area contributed by atoms with Gasteiger partial charge in [0.1, 0.15) is 0 Å². The van der Waals surface area contributed by atoms with Gasteiger partial charge in [0, 0.05) is 24.9 Å². The zero-order chi connectivity index (χ0) is 14.0. The fourth-order valence-electron chi connectivity index (χ4n) is 3.66. The van der Waals surface area contributed by atoms with Crippen LogP contribution in [0.2, 0.25) is 0 Å². The topological polar surface area (TPSA) is 57.6 Å². The minimum Gasteiger partial charge on any atom is -0.481 e. The molecule has 4 heteroatoms. The van der Waals surface area contributed by atoms with Crippen molar-refractivity contribution in [3.05, 3.63) is 0 Å². The summed E-state index contributed by atoms with van der Waals surface area (Å²) in [6.07, 6.45) is 5.84. The van der Waals surface area contributed by atoms with E-state index in [9.17, 15) is 9.59 Å². The molecule has 4 nitrogen and oxygen atoms in total. The fraction of sp³-hybridized carbons (Fsp3) is 0.867. The van der Waals surface area contributed by atoms with Gasteiger partial charge in [-0.15, -0.1) is 0 Å². The first-order valence-corrected chi connectivity index (χ1v) is 7.54. The number of hydrogen-bond acceptors (Lipinski definition) is 2. The second-order valence-corrected chi connectivity index (χ2v) is 6.34. The van der Waals surface area contributed by atoms with Gasteiger partial charge < -0.3 is 10.0 Å². The number of hydrogen-bond donors (Lipinski definition) is 1. The van der Waals surface area contributed by atoms with Crippen molar-refractivity contribution in [1.29, 1.82) is 0 Å². The molecular weight excluding hydrogens is 242 g/mol. The highest BCUT2D eigenvalue weighted by molar-refractivity contribution is 5.77. The van der Waals surface area contributed by atoms with E-state index < -0.39 is 5.97 Å². The number of amides is 1. The van der Waals surface area contributed by atoms with Crippen LogP contribution in [0.5, 0.6) is 0 Å². The third-order valence-electron chi connectivity index (χ3n) is 4.80. The zero-order valence-electron chi connectivity index (χ0n) is 12.0. The third-order valence-corrected chi connectivity index (χ3v) is 4.80. The quantitative estimate of drug-likeness (QED) is 0.833. The second-order valence-electron chi connectivity index (χ2n) is 6.34. The van der Waals surface area contributed by atoms with E-state index in [1.54, 1.807) is 0 Å². The van der Waals surface area contributed by atoms with Crippen molar-refractivity contribution in [3.8, 4) is 0 Å². The molecule has 2 bridgehead atoms. The average Bonchev–Trinajstić information content (AvgIpc) is 2.60. The molecule has 2 aliphatic rings. The maximum absolute atomic E-state index is 12.4. The average molecular weight is 267 g/mol. The number of carbonyl (C=O) groups excluding carboxylic acids is 1. The standard InChI is InChI=1S/C15H25NO3/c1-3-10(2)6-14(17)16-12-4-5-13(16)8-11(7-12)9-15(18)19/h10-13H,3-9H2,1-2H3,(H,18,19). The summed E-state index contributed by atoms with van der Waals surface area (Å²) in [6, 6.07) is 0.610. The normalized spacial score (nSPS) is 31.3. The largest absolute Gasteiger partial charge is 0.481 e. The molecule has 2 heterocycles. The van der Waals surface area contributed by atoms with Crippen LogP contribution in [0, 0.1) is 11.8 Å². The van der Waals surface area contributed by atoms with Crippen molar-refractivity contribution >= 4 is 11.9 Å². The molecule has 0 radical (unpaired) electrons. The molecule has 3 atom stereocenters. The minimum absolute atomic E-state index is 0.264. The monoisotopic (exact) mass is 267 g/mol. The number of rotatable bonds is 5. The zero-order valence-corrected chi connectivity index (χ0v) is 12.0. The minimum atomic E-state index is -0.705. The van der Waals surface area contributed by atoms with Crippen molar-refractivity contribution in [3.63, 3.8) is 0 Å². The van der Waals surface area contributed by atoms with Gasteiger partial charge in [0.05, 0.1) is 0 Å². The van der Waals surface area contributed by atoms with Crippen LogP contribution in [-0.2, 0) is 9.59 Å². The molecule has 2 saturated heterocycles. The van der Waals surface area contributed by atoms with E-state index in [0.717, 1.165) is 32.1 Å². The SMILES string of the molecule is CCC(C)CC(=O)N1C2CCC1CC(CC(=O)O)C2. The predicted octanol–water partition coefficient (Wildman–Crippen LogP) is 2.67. The van der Waals surface area contributed by atoms with Crippen LogP contribution in [0.1, 0.15) is 58.8 Å². The Morgan fingerprint density at radius 3 is 2.32 bits per heavy atom. The van der Waals surface area contributed by atoms with Crippen molar-refractivity contribution in [2.75, 3.05) is 0 Å². The van der Waals surface area contributed by atoms with Crippen LogP contribution >= 0.6 is 0 Å². The fourth-order valence-corrected chi connectivity index (χ4v) is 3.66. The van der Waals surface area contributed by atoms with E-state index in [1.807, 2.05) is 0 Å². The van der Waals surface area contributed by atoms with Crippen LogP contribution in [0.4, 0.5) is 0 Å². The number of carbonyl (C=O) groups is 2. The van der Waals surface area contributed by atoms with Gasteiger partial charge in [0.15, 0.2) is 0 Å². The van der Waals surface area contributed by atoms with Gasteiger partial charge in [0.25, 0.3) is 0 Å². The molecule has 0 aromatic rings. The van der Waals surface area contributed by atoms with Gasteiger partial charge in [-0.3, -0.25) is 9.59 Å². The highest BCUT2D eigenvalue weighted by Crippen LogP contribution is 2.40. The van der Waals surface area contributed by atoms with Crippen molar-refractivity contribution < 1.29 is 14.7 Å². The first-order valence-electron chi connectivity index (χ1n) is 7.54. The molecule has 1 amide bonds. The first-order chi connectivity index (χ1) is 9.01. The molecule has 2 aliphatic heterocycles. The van der Waals surface area contributed by atoms with Crippen LogP contribution < -0.4 is 0 Å². The number of fused-ring (bicyclic) bond motifs is 2. The number of nitrogens with zero attached hydrogens (tertiary/aromatic N) is 1. The van der Waals surface area contributed by atoms with Gasteiger partial charge in [-0.1, -0.05) is 20.3 Å². The molecule has 0 aromatic heterocycles. The first kappa shape index (κ1) is 14.4. The van der Waals surface area contributed by atoms with E-state index in [1.165, 1.54) is 0 Å². The van der Waals surface area contributed by atoms with Crippen LogP contribution in [0.3, 0.4) is 0 Å². The van der Waals surface area contributed by atoms with Gasteiger partial charge in [-0.05, 0) is 37.5 Å². The number of aliphatic carboxylic acids is 1. The highest BCUT2D eigenvalue weighted by atomic mass is 16.4. The van der Waals surface area contributed by atoms with Crippen LogP contribution in [0.25, 0.3) is 0 Å². The molecule has 2 fully saturated rings. The Morgan fingerprint density at radius 2 is 1.84 bits per heavy atom. The van der Waals surface area contributed by atoms with E-state index in [4.69, 9.17) is 5.11 Å². The molecular formula is C15H25NO3. The van der Waals surface area contributed by atoms with E-state index >= 15 is 0 Å². The lowest BCUT2D eigenvalue weighted by atomic mass is 9.87. The Kier molecular flexibility index (Phi) is 4.48. The van der Waals surface area contributed by atoms with Crippen molar-refractivity contribution in [2.45, 2.75) is 70.9 Å². The molecule has 3 unspecified atom stereocenters. The maximum atomic E-state index is 12.4. The Bertz CT molecular complexity index is 341. The lowest BCUT2D eigenvalue weighted by molar-refractivity contribution is -0.140. The van der Waals surface area contributed by atoms with E-state index in [2.05, 4.69) is 18.7 Å². The Hall–Kier alpha value is -1.06. The highest BCUT2D eigenvalue weighted by Gasteiger charge is 2.43. The van der Waals surface area contributed by atoms with E-state index in [-0.39, 0.29) is 18.2 Å². The van der Waals surface area contributed by atoms with Crippen LogP contribution in [-0.4, -0.2) is 34.0 Å². The lowest BCUT2D eigenvalue weighted by Crippen LogP contribution is -2.47. The molecule has 1 N–H and O–H groups in total. The van der Waals surface area contributed by atoms with Gasteiger partial charge in [0.2, 0.25) is 5.91 Å². The summed E-state index contributed by atoms with van der Waals surface area (Å²) in [5.41, 5.74) is 0. The van der Waals surface area contributed by atoms with Gasteiger partial charge in [-0.2, -0.15) is 0 Å². The molecule has 0 aromatic carbocycles. The van der Waals surface area contributed by atoms with E-state index in [0.29, 0.717) is 24.4 Å². The molecule has 0 aliphatic carbocycles. The van der Waals surface area contributed by atoms with Gasteiger partial charge in [-0.25, -0.2) is 0 Å². The van der Waals surface area contributed by atoms with Crippen molar-refractivity contribution in [2.24, 2.45) is 11.8 Å². The molecule has 2 rings (SSSR count). The number of carboxylic acid groups (broad SMARTS) is 1. The second kappa shape index (κ2) is 5.93. The summed E-state index contributed by atoms with van der Waals surface area (Å²) in [5, 5.41) is 8.90. The molecule has 19 heavy (non-hydrogen) atoms. The Balaban J connectivity index is 1.95. The summed E-state index contributed by atoms with van der Waals surface area (Å²) in [6.45, 7) is 4.24. The lowest BCUT2D eigenvalue weighted by Gasteiger charge is -2.39. The predicted molar refractivity (Wildman–Crippen MR) is 72.7 cm³/mol. The maximum Gasteiger partial charge on any atom is 0.303 e. The summed E-state index contributed by atoms with van der Waals surface area (Å²) < 4.78 is 0. The number of piperidine rings is 1. The summed E-state index contributed by atoms with van der Waals surface area (Å²) >= 11 is 0. The summed E-state index contributed by atoms with van der Waals surface area (Å²) in [4.78, 5) is 25.3. The van der Waals surface area contributed by atoms with Gasteiger partial charge >= 0.3 is 5.97 Å². The third kappa shape index (κ3) is 3.28. The summed E-state index contributed by atoms with van der Waals surface area (Å²) in [7, 11) is 0. The smallest absolute Gasteiger partial charge is 0.303 e. The Labute approximate surface area is 115 Å². The van der Waals surface area contributed by atoms with Crippen molar-refractivity contribution in [1.82, 2.24) is 4.90 Å². The van der Waals surface area contributed by atoms with Crippen LogP contribution in [0.15, 0.2) is 0 Å². The molecule has 0 saturated carbocycles. The Morgan fingerprint density at radius 1 is 1.26 bits per heavy atom. The summed E-state index contributed by atoms with van der Waals surface area (Å²) in [5.74, 6) is 0.297. The molecule has 0 spiro atoms.